The van der Waals surface area contributed by atoms with Gasteiger partial charge in [-0.15, -0.1) is 11.3 Å². The van der Waals surface area contributed by atoms with Gasteiger partial charge in [-0.05, 0) is 6.92 Å². The predicted octanol–water partition coefficient (Wildman–Crippen LogP) is 1.38. The van der Waals surface area contributed by atoms with E-state index in [1.165, 1.54) is 4.88 Å². The summed E-state index contributed by atoms with van der Waals surface area (Å²) in [6, 6.07) is 0. The van der Waals surface area contributed by atoms with E-state index in [-0.39, 0.29) is 12.2 Å². The van der Waals surface area contributed by atoms with Crippen LogP contribution in [0.3, 0.4) is 0 Å². The largest absolute Gasteiger partial charge is 0.382 e. The molecule has 2 heterocycles. The molecule has 0 radical (unpaired) electrons. The van der Waals surface area contributed by atoms with Gasteiger partial charge in [-0.3, -0.25) is 9.88 Å². The lowest BCUT2D eigenvalue weighted by molar-refractivity contribution is -0.103. The first-order chi connectivity index (χ1) is 7.78. The van der Waals surface area contributed by atoms with E-state index >= 15 is 0 Å². The van der Waals surface area contributed by atoms with Crippen LogP contribution < -0.4 is 0 Å². The standard InChI is InChI=1S/C11H18N2O2S/c1-9-4-13(5-10(15-9)7-14-2)6-11-3-12-8-16-11/h3,8-10H,4-7H2,1-2H3/t9-,10+/m1/s1. The van der Waals surface area contributed by atoms with Crippen LogP contribution in [0.1, 0.15) is 11.8 Å². The fraction of sp³-hybridized carbons (Fsp3) is 0.727. The molecule has 1 fully saturated rings. The van der Waals surface area contributed by atoms with Crippen molar-refractivity contribution in [2.24, 2.45) is 0 Å². The van der Waals surface area contributed by atoms with E-state index in [4.69, 9.17) is 9.47 Å². The number of aromatic nitrogens is 1. The Morgan fingerprint density at radius 2 is 2.50 bits per heavy atom. The summed E-state index contributed by atoms with van der Waals surface area (Å²) in [5, 5.41) is 0. The minimum absolute atomic E-state index is 0.196. The molecule has 0 N–H and O–H groups in total. The molecule has 1 aliphatic rings. The summed E-state index contributed by atoms with van der Waals surface area (Å²) in [4.78, 5) is 7.82. The Kier molecular flexibility index (Phi) is 4.29. The van der Waals surface area contributed by atoms with E-state index < -0.39 is 0 Å². The molecule has 0 bridgehead atoms. The molecule has 4 nitrogen and oxygen atoms in total. The van der Waals surface area contributed by atoms with Crippen molar-refractivity contribution < 1.29 is 9.47 Å². The van der Waals surface area contributed by atoms with Crippen LogP contribution in [0.4, 0.5) is 0 Å². The van der Waals surface area contributed by atoms with Crippen molar-refractivity contribution in [1.82, 2.24) is 9.88 Å². The SMILES string of the molecule is COC[C@@H]1CN(Cc2cncs2)C[C@@H](C)O1. The van der Waals surface area contributed by atoms with E-state index in [9.17, 15) is 0 Å². The second-order valence-corrected chi connectivity index (χ2v) is 5.16. The van der Waals surface area contributed by atoms with Gasteiger partial charge in [-0.2, -0.15) is 0 Å². The molecule has 5 heteroatoms. The van der Waals surface area contributed by atoms with E-state index in [0.717, 1.165) is 19.6 Å². The van der Waals surface area contributed by atoms with Crippen molar-refractivity contribution in [3.63, 3.8) is 0 Å². The van der Waals surface area contributed by atoms with E-state index in [1.54, 1.807) is 18.4 Å². The normalized spacial score (nSPS) is 27.1. The highest BCUT2D eigenvalue weighted by Crippen LogP contribution is 2.16. The number of hydrogen-bond acceptors (Lipinski definition) is 5. The van der Waals surface area contributed by atoms with Gasteiger partial charge in [-0.25, -0.2) is 0 Å². The number of methoxy groups -OCH3 is 1. The zero-order valence-corrected chi connectivity index (χ0v) is 10.6. The zero-order valence-electron chi connectivity index (χ0n) is 9.76. The maximum atomic E-state index is 5.80. The van der Waals surface area contributed by atoms with Crippen LogP contribution in [0, 0.1) is 0 Å². The van der Waals surface area contributed by atoms with Crippen LogP contribution in [0.25, 0.3) is 0 Å². The molecule has 1 saturated heterocycles. The number of nitrogens with zero attached hydrogens (tertiary/aromatic N) is 2. The quantitative estimate of drug-likeness (QED) is 0.799. The highest BCUT2D eigenvalue weighted by atomic mass is 32.1. The Morgan fingerprint density at radius 1 is 1.62 bits per heavy atom. The number of morpholine rings is 1. The third-order valence-electron chi connectivity index (χ3n) is 2.62. The van der Waals surface area contributed by atoms with Gasteiger partial charge in [0.05, 0.1) is 24.3 Å². The molecular formula is C11H18N2O2S. The van der Waals surface area contributed by atoms with Gasteiger partial charge >= 0.3 is 0 Å². The molecule has 0 saturated carbocycles. The van der Waals surface area contributed by atoms with Crippen LogP contribution in [0.5, 0.6) is 0 Å². The minimum Gasteiger partial charge on any atom is -0.382 e. The Hall–Kier alpha value is -0.490. The molecule has 0 aromatic carbocycles. The highest BCUT2D eigenvalue weighted by molar-refractivity contribution is 7.09. The fourth-order valence-corrected chi connectivity index (χ4v) is 2.72. The van der Waals surface area contributed by atoms with Crippen molar-refractivity contribution in [2.45, 2.75) is 25.7 Å². The van der Waals surface area contributed by atoms with Crippen molar-refractivity contribution >= 4 is 11.3 Å². The molecule has 0 spiro atoms. The van der Waals surface area contributed by atoms with Gasteiger partial charge < -0.3 is 9.47 Å². The Labute approximate surface area is 100 Å². The third-order valence-corrected chi connectivity index (χ3v) is 3.38. The topological polar surface area (TPSA) is 34.6 Å². The minimum atomic E-state index is 0.196. The molecule has 0 amide bonds. The van der Waals surface area contributed by atoms with Gasteiger partial charge in [0.25, 0.3) is 0 Å². The maximum Gasteiger partial charge on any atom is 0.0939 e. The molecule has 2 rings (SSSR count). The summed E-state index contributed by atoms with van der Waals surface area (Å²) in [6.07, 6.45) is 2.42. The fourth-order valence-electron chi connectivity index (χ4n) is 2.09. The van der Waals surface area contributed by atoms with Crippen LogP contribution in [0.2, 0.25) is 0 Å². The van der Waals surface area contributed by atoms with Crippen molar-refractivity contribution in [3.8, 4) is 0 Å². The first-order valence-electron chi connectivity index (χ1n) is 5.52. The second kappa shape index (κ2) is 5.72. The van der Waals surface area contributed by atoms with Gasteiger partial charge in [-0.1, -0.05) is 0 Å². The van der Waals surface area contributed by atoms with E-state index in [0.29, 0.717) is 6.61 Å². The summed E-state index contributed by atoms with van der Waals surface area (Å²) < 4.78 is 10.9. The number of rotatable bonds is 4. The Bertz CT molecular complexity index is 305. The summed E-state index contributed by atoms with van der Waals surface area (Å²) in [6.45, 7) is 5.68. The monoisotopic (exact) mass is 242 g/mol. The van der Waals surface area contributed by atoms with Crippen molar-refractivity contribution in [1.29, 1.82) is 0 Å². The molecule has 1 aromatic rings. The van der Waals surface area contributed by atoms with E-state index in [2.05, 4.69) is 16.8 Å². The lowest BCUT2D eigenvalue weighted by atomic mass is 10.2. The number of hydrogen-bond donors (Lipinski definition) is 0. The van der Waals surface area contributed by atoms with Gasteiger partial charge in [0.1, 0.15) is 0 Å². The zero-order chi connectivity index (χ0) is 11.4. The first-order valence-corrected chi connectivity index (χ1v) is 6.40. The van der Waals surface area contributed by atoms with Crippen LogP contribution in [0.15, 0.2) is 11.7 Å². The summed E-state index contributed by atoms with van der Waals surface area (Å²) in [5.41, 5.74) is 1.88. The molecule has 90 valence electrons. The molecule has 0 aliphatic carbocycles. The molecule has 1 aliphatic heterocycles. The molecule has 0 unspecified atom stereocenters. The smallest absolute Gasteiger partial charge is 0.0939 e. The predicted molar refractivity (Wildman–Crippen MR) is 63.6 cm³/mol. The molecular weight excluding hydrogens is 224 g/mol. The average Bonchev–Trinajstić information content (AvgIpc) is 2.70. The number of thiazole rings is 1. The van der Waals surface area contributed by atoms with Gasteiger partial charge in [0, 0.05) is 37.8 Å². The van der Waals surface area contributed by atoms with E-state index in [1.807, 2.05) is 11.7 Å². The second-order valence-electron chi connectivity index (χ2n) is 4.19. The summed E-state index contributed by atoms with van der Waals surface area (Å²) in [5.74, 6) is 0. The summed E-state index contributed by atoms with van der Waals surface area (Å²) in [7, 11) is 1.72. The van der Waals surface area contributed by atoms with Crippen molar-refractivity contribution in [3.05, 3.63) is 16.6 Å². The van der Waals surface area contributed by atoms with Crippen LogP contribution in [-0.4, -0.2) is 48.9 Å². The van der Waals surface area contributed by atoms with Crippen LogP contribution >= 0.6 is 11.3 Å². The Morgan fingerprint density at radius 3 is 3.19 bits per heavy atom. The summed E-state index contributed by atoms with van der Waals surface area (Å²) >= 11 is 1.71. The third kappa shape index (κ3) is 3.25. The highest BCUT2D eigenvalue weighted by Gasteiger charge is 2.25. The lowest BCUT2D eigenvalue weighted by Gasteiger charge is -2.36. The molecule has 1 aromatic heterocycles. The van der Waals surface area contributed by atoms with Crippen LogP contribution in [-0.2, 0) is 16.0 Å². The molecule has 16 heavy (non-hydrogen) atoms. The van der Waals surface area contributed by atoms with Gasteiger partial charge in [0.15, 0.2) is 0 Å². The molecule has 2 atom stereocenters. The first kappa shape index (κ1) is 12.0. The Balaban J connectivity index is 1.89. The van der Waals surface area contributed by atoms with Crippen molar-refractivity contribution in [2.75, 3.05) is 26.8 Å². The van der Waals surface area contributed by atoms with Gasteiger partial charge in [0.2, 0.25) is 0 Å². The maximum absolute atomic E-state index is 5.80. The average molecular weight is 242 g/mol. The lowest BCUT2D eigenvalue weighted by Crippen LogP contribution is -2.47. The number of ether oxygens (including phenoxy) is 2.